The van der Waals surface area contributed by atoms with Crippen molar-refractivity contribution < 1.29 is 0 Å². The van der Waals surface area contributed by atoms with Crippen molar-refractivity contribution in [1.29, 1.82) is 0 Å². The molecule has 0 aliphatic carbocycles. The van der Waals surface area contributed by atoms with Gasteiger partial charge in [-0.2, -0.15) is 0 Å². The maximum Gasteiger partial charge on any atom is 0.200 e. The Morgan fingerprint density at radius 3 is 2.52 bits per heavy atom. The number of rotatable bonds is 3. The van der Waals surface area contributed by atoms with Crippen LogP contribution in [0.1, 0.15) is 12.5 Å². The summed E-state index contributed by atoms with van der Waals surface area (Å²) in [5, 5.41) is 9.14. The number of benzene rings is 3. The van der Waals surface area contributed by atoms with E-state index >= 15 is 0 Å². The predicted octanol–water partition coefficient (Wildman–Crippen LogP) is 4.91. The first kappa shape index (κ1) is 15.1. The molecule has 0 unspecified atom stereocenters. The molecule has 3 heteroatoms. The Labute approximate surface area is 137 Å². The van der Waals surface area contributed by atoms with Crippen LogP contribution in [0, 0.1) is 0 Å². The molecule has 3 aromatic rings. The fraction of sp³-hybridized carbons (Fsp3) is 0.150. The Bertz CT molecular complexity index is 832. The van der Waals surface area contributed by atoms with Gasteiger partial charge in [0.2, 0.25) is 0 Å². The van der Waals surface area contributed by atoms with Crippen LogP contribution in [0.2, 0.25) is 0 Å². The van der Waals surface area contributed by atoms with E-state index in [0.29, 0.717) is 0 Å². The average Bonchev–Trinajstić information content (AvgIpc) is 2.61. The van der Waals surface area contributed by atoms with Crippen LogP contribution in [-0.2, 0) is 6.42 Å². The van der Waals surface area contributed by atoms with E-state index in [1.54, 1.807) is 7.05 Å². The first-order valence-corrected chi connectivity index (χ1v) is 7.87. The lowest BCUT2D eigenvalue weighted by molar-refractivity contribution is 1.14. The quantitative estimate of drug-likeness (QED) is 0.532. The standard InChI is InChI=1S/C20H21N3/c1-3-15-8-6-11-17(14-15)22-20(21-2)23-19-13-7-10-16-9-4-5-12-18(16)19/h4-14H,3H2,1-2H3,(H2,21,22,23). The molecule has 23 heavy (non-hydrogen) atoms. The Balaban J connectivity index is 1.84. The molecule has 0 aromatic heterocycles. The summed E-state index contributed by atoms with van der Waals surface area (Å²) in [6.45, 7) is 2.16. The minimum Gasteiger partial charge on any atom is -0.326 e. The highest BCUT2D eigenvalue weighted by molar-refractivity contribution is 6.08. The number of guanidine groups is 1. The van der Waals surface area contributed by atoms with Crippen molar-refractivity contribution in [3.8, 4) is 0 Å². The summed E-state index contributed by atoms with van der Waals surface area (Å²) in [7, 11) is 1.78. The molecule has 3 rings (SSSR count). The lowest BCUT2D eigenvalue weighted by Crippen LogP contribution is -2.22. The van der Waals surface area contributed by atoms with Crippen molar-refractivity contribution in [2.24, 2.45) is 4.99 Å². The fourth-order valence-electron chi connectivity index (χ4n) is 2.61. The summed E-state index contributed by atoms with van der Waals surface area (Å²) in [5.41, 5.74) is 3.39. The molecule has 0 saturated heterocycles. The third-order valence-electron chi connectivity index (χ3n) is 3.86. The summed E-state index contributed by atoms with van der Waals surface area (Å²) < 4.78 is 0. The second-order valence-corrected chi connectivity index (χ2v) is 5.40. The van der Waals surface area contributed by atoms with Crippen molar-refractivity contribution in [2.75, 3.05) is 17.7 Å². The fourth-order valence-corrected chi connectivity index (χ4v) is 2.61. The van der Waals surface area contributed by atoms with Gasteiger partial charge in [0.15, 0.2) is 5.96 Å². The van der Waals surface area contributed by atoms with Crippen molar-refractivity contribution in [1.82, 2.24) is 0 Å². The number of hydrogen-bond donors (Lipinski definition) is 2. The normalized spacial score (nSPS) is 11.5. The molecule has 0 amide bonds. The lowest BCUT2D eigenvalue weighted by Gasteiger charge is -2.14. The third-order valence-corrected chi connectivity index (χ3v) is 3.86. The highest BCUT2D eigenvalue weighted by Gasteiger charge is 2.04. The van der Waals surface area contributed by atoms with Crippen LogP contribution in [0.4, 0.5) is 11.4 Å². The largest absolute Gasteiger partial charge is 0.326 e. The van der Waals surface area contributed by atoms with Gasteiger partial charge >= 0.3 is 0 Å². The third kappa shape index (κ3) is 3.51. The number of anilines is 2. The molecule has 116 valence electrons. The van der Waals surface area contributed by atoms with Gasteiger partial charge in [-0.3, -0.25) is 4.99 Å². The van der Waals surface area contributed by atoms with Gasteiger partial charge in [0, 0.05) is 23.8 Å². The summed E-state index contributed by atoms with van der Waals surface area (Å²) >= 11 is 0. The van der Waals surface area contributed by atoms with Gasteiger partial charge < -0.3 is 10.6 Å². The highest BCUT2D eigenvalue weighted by Crippen LogP contribution is 2.23. The van der Waals surface area contributed by atoms with Crippen molar-refractivity contribution in [3.05, 3.63) is 72.3 Å². The minimum absolute atomic E-state index is 0.731. The van der Waals surface area contributed by atoms with Gasteiger partial charge in [-0.25, -0.2) is 0 Å². The van der Waals surface area contributed by atoms with E-state index < -0.39 is 0 Å². The van der Waals surface area contributed by atoms with E-state index in [1.807, 2.05) is 0 Å². The molecule has 3 nitrogen and oxygen atoms in total. The predicted molar refractivity (Wildman–Crippen MR) is 100 cm³/mol. The van der Waals surface area contributed by atoms with E-state index in [4.69, 9.17) is 0 Å². The summed E-state index contributed by atoms with van der Waals surface area (Å²) in [6.07, 6.45) is 1.02. The van der Waals surface area contributed by atoms with Crippen LogP contribution in [-0.4, -0.2) is 13.0 Å². The Morgan fingerprint density at radius 1 is 0.913 bits per heavy atom. The maximum atomic E-state index is 4.34. The number of aryl methyl sites for hydroxylation is 1. The van der Waals surface area contributed by atoms with Gasteiger partial charge in [0.1, 0.15) is 0 Å². The van der Waals surface area contributed by atoms with Crippen molar-refractivity contribution in [2.45, 2.75) is 13.3 Å². The van der Waals surface area contributed by atoms with Crippen molar-refractivity contribution >= 4 is 28.1 Å². The van der Waals surface area contributed by atoms with Crippen LogP contribution < -0.4 is 10.6 Å². The monoisotopic (exact) mass is 303 g/mol. The van der Waals surface area contributed by atoms with Crippen LogP contribution >= 0.6 is 0 Å². The Hall–Kier alpha value is -2.81. The second kappa shape index (κ2) is 6.97. The van der Waals surface area contributed by atoms with Gasteiger partial charge in [-0.15, -0.1) is 0 Å². The Morgan fingerprint density at radius 2 is 1.70 bits per heavy atom. The van der Waals surface area contributed by atoms with Crippen LogP contribution in [0.15, 0.2) is 71.7 Å². The first-order chi connectivity index (χ1) is 11.3. The maximum absolute atomic E-state index is 4.34. The molecule has 0 atom stereocenters. The van der Waals surface area contributed by atoms with E-state index in [-0.39, 0.29) is 0 Å². The minimum atomic E-state index is 0.731. The van der Waals surface area contributed by atoms with Crippen LogP contribution in [0.25, 0.3) is 10.8 Å². The molecule has 0 aliphatic heterocycles. The van der Waals surface area contributed by atoms with E-state index in [0.717, 1.165) is 23.8 Å². The second-order valence-electron chi connectivity index (χ2n) is 5.40. The SMILES string of the molecule is CCc1cccc(NC(=NC)Nc2cccc3ccccc23)c1. The topological polar surface area (TPSA) is 36.4 Å². The van der Waals surface area contributed by atoms with Gasteiger partial charge in [-0.1, -0.05) is 55.5 Å². The lowest BCUT2D eigenvalue weighted by atomic mass is 10.1. The molecule has 3 aromatic carbocycles. The molecule has 0 fully saturated rings. The van der Waals surface area contributed by atoms with E-state index in [1.165, 1.54) is 16.3 Å². The van der Waals surface area contributed by atoms with Gasteiger partial charge in [-0.05, 0) is 35.6 Å². The number of nitrogens with one attached hydrogen (secondary N) is 2. The van der Waals surface area contributed by atoms with E-state index in [2.05, 4.69) is 89.3 Å². The molecule has 0 heterocycles. The molecule has 0 saturated carbocycles. The zero-order valence-electron chi connectivity index (χ0n) is 13.5. The summed E-state index contributed by atoms with van der Waals surface area (Å²) in [6, 6.07) is 23.0. The average molecular weight is 303 g/mol. The number of fused-ring (bicyclic) bond motifs is 1. The molecule has 2 N–H and O–H groups in total. The summed E-state index contributed by atoms with van der Waals surface area (Å²) in [4.78, 5) is 4.34. The first-order valence-electron chi connectivity index (χ1n) is 7.87. The van der Waals surface area contributed by atoms with Crippen molar-refractivity contribution in [3.63, 3.8) is 0 Å². The van der Waals surface area contributed by atoms with E-state index in [9.17, 15) is 0 Å². The molecule has 0 aliphatic rings. The Kier molecular flexibility index (Phi) is 4.57. The van der Waals surface area contributed by atoms with Crippen LogP contribution in [0.5, 0.6) is 0 Å². The van der Waals surface area contributed by atoms with Gasteiger partial charge in [0.05, 0.1) is 0 Å². The molecule has 0 bridgehead atoms. The molecule has 0 spiro atoms. The molecular formula is C20H21N3. The van der Waals surface area contributed by atoms with Gasteiger partial charge in [0.25, 0.3) is 0 Å². The number of aliphatic imine (C=N–C) groups is 1. The molecule has 0 radical (unpaired) electrons. The zero-order chi connectivity index (χ0) is 16.1. The number of nitrogens with zero attached hydrogens (tertiary/aromatic N) is 1. The number of hydrogen-bond acceptors (Lipinski definition) is 1. The molecular weight excluding hydrogens is 282 g/mol. The smallest absolute Gasteiger partial charge is 0.200 e. The zero-order valence-corrected chi connectivity index (χ0v) is 13.5. The van der Waals surface area contributed by atoms with Crippen LogP contribution in [0.3, 0.4) is 0 Å². The summed E-state index contributed by atoms with van der Waals surface area (Å²) in [5.74, 6) is 0.731. The highest BCUT2D eigenvalue weighted by atomic mass is 15.2.